The van der Waals surface area contributed by atoms with Crippen LogP contribution in [0.1, 0.15) is 22.6 Å². The normalized spacial score (nSPS) is 10.4. The van der Waals surface area contributed by atoms with Crippen molar-refractivity contribution in [2.45, 2.75) is 19.4 Å². The Balaban J connectivity index is 2.37. The highest BCUT2D eigenvalue weighted by Gasteiger charge is 2.02. The van der Waals surface area contributed by atoms with Crippen molar-refractivity contribution < 1.29 is 9.84 Å². The zero-order valence-corrected chi connectivity index (χ0v) is 11.9. The molecule has 0 aliphatic carbocycles. The fourth-order valence-corrected chi connectivity index (χ4v) is 2.52. The molecular weight excluding hydrogens is 246 g/mol. The van der Waals surface area contributed by atoms with E-state index < -0.39 is 0 Å². The molecule has 0 saturated heterocycles. The van der Waals surface area contributed by atoms with Gasteiger partial charge >= 0.3 is 0 Å². The first kappa shape index (κ1) is 15.2. The van der Waals surface area contributed by atoms with Gasteiger partial charge in [-0.3, -0.25) is 0 Å². The van der Waals surface area contributed by atoms with Crippen molar-refractivity contribution in [3.8, 4) is 11.8 Å². The third-order valence-corrected chi connectivity index (χ3v) is 3.41. The van der Waals surface area contributed by atoms with Gasteiger partial charge in [0.2, 0.25) is 0 Å². The molecule has 0 aliphatic rings. The van der Waals surface area contributed by atoms with Gasteiger partial charge in [-0.05, 0) is 25.6 Å². The third-order valence-electron chi connectivity index (χ3n) is 2.42. The molecule has 0 spiro atoms. The highest BCUT2D eigenvalue weighted by atomic mass is 32.1. The number of thiophene rings is 1. The molecule has 1 heterocycles. The van der Waals surface area contributed by atoms with Crippen molar-refractivity contribution in [1.82, 2.24) is 4.90 Å². The van der Waals surface area contributed by atoms with Crippen LogP contribution < -0.4 is 0 Å². The van der Waals surface area contributed by atoms with Crippen LogP contribution in [0.4, 0.5) is 0 Å². The largest absolute Gasteiger partial charge is 0.395 e. The fourth-order valence-electron chi connectivity index (χ4n) is 1.56. The number of ether oxygens (including phenoxy) is 1. The van der Waals surface area contributed by atoms with Crippen LogP contribution in [0, 0.1) is 11.8 Å². The molecular formula is C14H21NO2S. The first-order valence-electron chi connectivity index (χ1n) is 6.12. The van der Waals surface area contributed by atoms with E-state index >= 15 is 0 Å². The summed E-state index contributed by atoms with van der Waals surface area (Å²) >= 11 is 1.72. The molecule has 1 aromatic heterocycles. The van der Waals surface area contributed by atoms with Gasteiger partial charge in [-0.2, -0.15) is 0 Å². The maximum Gasteiger partial charge on any atom is 0.0771 e. The van der Waals surface area contributed by atoms with Gasteiger partial charge < -0.3 is 14.7 Å². The highest BCUT2D eigenvalue weighted by molar-refractivity contribution is 7.12. The first-order valence-corrected chi connectivity index (χ1v) is 6.94. The van der Waals surface area contributed by atoms with E-state index in [0.29, 0.717) is 6.42 Å². The second kappa shape index (κ2) is 9.12. The number of aliphatic hydroxyl groups is 1. The lowest BCUT2D eigenvalue weighted by molar-refractivity contribution is 0.178. The molecule has 0 aromatic carbocycles. The Bertz CT molecular complexity index is 392. The van der Waals surface area contributed by atoms with Crippen molar-refractivity contribution in [3.05, 3.63) is 21.9 Å². The Hall–Kier alpha value is -0.860. The van der Waals surface area contributed by atoms with Crippen LogP contribution in [-0.4, -0.2) is 43.9 Å². The van der Waals surface area contributed by atoms with Crippen molar-refractivity contribution in [3.63, 3.8) is 0 Å². The Kier molecular flexibility index (Phi) is 7.70. The summed E-state index contributed by atoms with van der Waals surface area (Å²) in [7, 11) is 3.85. The molecule has 0 atom stereocenters. The maximum atomic E-state index is 8.66. The Labute approximate surface area is 113 Å². The molecule has 1 aromatic rings. The summed E-state index contributed by atoms with van der Waals surface area (Å²) < 4.78 is 5.04. The maximum absolute atomic E-state index is 8.66. The minimum absolute atomic E-state index is 0.132. The third kappa shape index (κ3) is 6.18. The van der Waals surface area contributed by atoms with Gasteiger partial charge in [-0.25, -0.2) is 0 Å². The number of aliphatic hydroxyl groups excluding tert-OH is 1. The van der Waals surface area contributed by atoms with E-state index in [-0.39, 0.29) is 6.61 Å². The number of rotatable bonds is 7. The summed E-state index contributed by atoms with van der Waals surface area (Å²) in [4.78, 5) is 4.68. The van der Waals surface area contributed by atoms with Gasteiger partial charge in [0, 0.05) is 38.1 Å². The molecule has 0 saturated carbocycles. The molecule has 18 heavy (non-hydrogen) atoms. The van der Waals surface area contributed by atoms with Crippen molar-refractivity contribution >= 4 is 11.3 Å². The van der Waals surface area contributed by atoms with Gasteiger partial charge in [0.25, 0.3) is 0 Å². The standard InChI is InChI=1S/C14H21NO2S/c1-15(9-5-11-17-2)12-14-8-7-13(18-14)6-3-4-10-16/h7-8,16H,4-5,9-12H2,1-2H3. The molecule has 0 amide bonds. The first-order chi connectivity index (χ1) is 8.76. The van der Waals surface area contributed by atoms with Gasteiger partial charge in [0.05, 0.1) is 11.5 Å². The molecule has 0 radical (unpaired) electrons. The van der Waals surface area contributed by atoms with E-state index in [1.54, 1.807) is 18.4 Å². The zero-order chi connectivity index (χ0) is 13.2. The number of hydrogen-bond donors (Lipinski definition) is 1. The van der Waals surface area contributed by atoms with Gasteiger partial charge in [0.1, 0.15) is 0 Å². The summed E-state index contributed by atoms with van der Waals surface area (Å²) in [5.74, 6) is 6.00. The second-order valence-electron chi connectivity index (χ2n) is 4.13. The van der Waals surface area contributed by atoms with Gasteiger partial charge in [-0.1, -0.05) is 11.8 Å². The summed E-state index contributed by atoms with van der Waals surface area (Å²) in [6.07, 6.45) is 1.60. The Morgan fingerprint density at radius 3 is 3.00 bits per heavy atom. The predicted molar refractivity (Wildman–Crippen MR) is 75.7 cm³/mol. The average Bonchev–Trinajstić information content (AvgIpc) is 2.77. The topological polar surface area (TPSA) is 32.7 Å². The Morgan fingerprint density at radius 2 is 2.28 bits per heavy atom. The average molecular weight is 267 g/mol. The molecule has 1 rings (SSSR count). The monoisotopic (exact) mass is 267 g/mol. The van der Waals surface area contributed by atoms with Crippen LogP contribution in [0.25, 0.3) is 0 Å². The van der Waals surface area contributed by atoms with E-state index in [0.717, 1.165) is 31.0 Å². The number of methoxy groups -OCH3 is 1. The van der Waals surface area contributed by atoms with Crippen LogP contribution in [0.2, 0.25) is 0 Å². The van der Waals surface area contributed by atoms with E-state index in [4.69, 9.17) is 9.84 Å². The van der Waals surface area contributed by atoms with Crippen molar-refractivity contribution in [1.29, 1.82) is 0 Å². The number of hydrogen-bond acceptors (Lipinski definition) is 4. The zero-order valence-electron chi connectivity index (χ0n) is 11.1. The fraction of sp³-hybridized carbons (Fsp3) is 0.571. The highest BCUT2D eigenvalue weighted by Crippen LogP contribution is 2.17. The van der Waals surface area contributed by atoms with Crippen LogP contribution in [0.5, 0.6) is 0 Å². The van der Waals surface area contributed by atoms with Gasteiger partial charge in [0.15, 0.2) is 0 Å². The Morgan fingerprint density at radius 1 is 1.44 bits per heavy atom. The molecule has 4 heteroatoms. The predicted octanol–water partition coefficient (Wildman–Crippen LogP) is 1.95. The quantitative estimate of drug-likeness (QED) is 0.605. The molecule has 0 bridgehead atoms. The molecule has 100 valence electrons. The smallest absolute Gasteiger partial charge is 0.0771 e. The van der Waals surface area contributed by atoms with Crippen molar-refractivity contribution in [2.24, 2.45) is 0 Å². The van der Waals surface area contributed by atoms with E-state index in [1.165, 1.54) is 4.88 Å². The lowest BCUT2D eigenvalue weighted by Gasteiger charge is -2.14. The summed E-state index contributed by atoms with van der Waals surface area (Å²) in [5, 5.41) is 8.66. The van der Waals surface area contributed by atoms with Gasteiger partial charge in [-0.15, -0.1) is 11.3 Å². The molecule has 0 unspecified atom stereocenters. The van der Waals surface area contributed by atoms with E-state index in [2.05, 4.69) is 29.9 Å². The second-order valence-corrected chi connectivity index (χ2v) is 5.29. The van der Waals surface area contributed by atoms with E-state index in [1.807, 2.05) is 6.07 Å². The summed E-state index contributed by atoms with van der Waals surface area (Å²) in [6, 6.07) is 4.17. The summed E-state index contributed by atoms with van der Waals surface area (Å²) in [6.45, 7) is 2.94. The SMILES string of the molecule is COCCCN(C)Cc1ccc(C#CCCO)s1. The van der Waals surface area contributed by atoms with Crippen LogP contribution >= 0.6 is 11.3 Å². The van der Waals surface area contributed by atoms with Crippen LogP contribution in [0.3, 0.4) is 0 Å². The lowest BCUT2D eigenvalue weighted by atomic mass is 10.3. The van der Waals surface area contributed by atoms with Crippen LogP contribution in [-0.2, 0) is 11.3 Å². The lowest BCUT2D eigenvalue weighted by Crippen LogP contribution is -2.19. The molecule has 0 aliphatic heterocycles. The number of nitrogens with zero attached hydrogens (tertiary/aromatic N) is 1. The summed E-state index contributed by atoms with van der Waals surface area (Å²) in [5.41, 5.74) is 0. The van der Waals surface area contributed by atoms with Crippen molar-refractivity contribution in [2.75, 3.05) is 33.9 Å². The minimum Gasteiger partial charge on any atom is -0.395 e. The molecule has 3 nitrogen and oxygen atoms in total. The van der Waals surface area contributed by atoms with E-state index in [9.17, 15) is 0 Å². The molecule has 0 fully saturated rings. The minimum atomic E-state index is 0.132. The van der Waals surface area contributed by atoms with Crippen LogP contribution in [0.15, 0.2) is 12.1 Å². The molecule has 1 N–H and O–H groups in total.